The van der Waals surface area contributed by atoms with Gasteiger partial charge in [0.15, 0.2) is 5.13 Å². The zero-order chi connectivity index (χ0) is 18.9. The van der Waals surface area contributed by atoms with E-state index in [9.17, 15) is 4.79 Å². The van der Waals surface area contributed by atoms with Gasteiger partial charge in [-0.15, -0.1) is 11.3 Å². The number of anilines is 1. The van der Waals surface area contributed by atoms with Crippen molar-refractivity contribution in [3.63, 3.8) is 0 Å². The number of nitrogens with one attached hydrogen (secondary N) is 2. The summed E-state index contributed by atoms with van der Waals surface area (Å²) in [7, 11) is 1.64. The van der Waals surface area contributed by atoms with Gasteiger partial charge in [-0.05, 0) is 12.3 Å². The number of hydrogen-bond donors (Lipinski definition) is 2. The van der Waals surface area contributed by atoms with Gasteiger partial charge in [0.2, 0.25) is 5.91 Å². The van der Waals surface area contributed by atoms with Crippen molar-refractivity contribution in [1.29, 1.82) is 0 Å². The summed E-state index contributed by atoms with van der Waals surface area (Å²) in [6.07, 6.45) is 7.17. The number of amides is 1. The van der Waals surface area contributed by atoms with Crippen molar-refractivity contribution in [2.24, 2.45) is 5.92 Å². The van der Waals surface area contributed by atoms with Gasteiger partial charge in [0, 0.05) is 24.6 Å². The van der Waals surface area contributed by atoms with Crippen LogP contribution in [0.1, 0.15) is 38.5 Å². The zero-order valence-electron chi connectivity index (χ0n) is 15.9. The molecule has 2 aromatic rings. The third kappa shape index (κ3) is 6.04. The van der Waals surface area contributed by atoms with E-state index in [-0.39, 0.29) is 11.9 Å². The Balaban J connectivity index is 1.66. The van der Waals surface area contributed by atoms with Gasteiger partial charge in [-0.25, -0.2) is 4.98 Å². The topological polar surface area (TPSA) is 63.2 Å². The van der Waals surface area contributed by atoms with Crippen molar-refractivity contribution >= 4 is 22.4 Å². The summed E-state index contributed by atoms with van der Waals surface area (Å²) in [4.78, 5) is 17.4. The predicted molar refractivity (Wildman–Crippen MR) is 111 cm³/mol. The lowest BCUT2D eigenvalue weighted by molar-refractivity contribution is -0.122. The van der Waals surface area contributed by atoms with Crippen LogP contribution in [0.5, 0.6) is 0 Å². The third-order valence-electron chi connectivity index (χ3n) is 5.09. The van der Waals surface area contributed by atoms with Crippen LogP contribution in [0, 0.1) is 5.92 Å². The molecule has 2 N–H and O–H groups in total. The van der Waals surface area contributed by atoms with Crippen LogP contribution in [0.2, 0.25) is 0 Å². The molecular formula is C21H29N3O2S. The maximum atomic E-state index is 12.7. The highest BCUT2D eigenvalue weighted by molar-refractivity contribution is 7.14. The van der Waals surface area contributed by atoms with E-state index in [0.717, 1.165) is 22.8 Å². The highest BCUT2D eigenvalue weighted by Crippen LogP contribution is 2.30. The van der Waals surface area contributed by atoms with Crippen molar-refractivity contribution in [2.75, 3.05) is 25.6 Å². The lowest BCUT2D eigenvalue weighted by Crippen LogP contribution is -2.42. The fourth-order valence-corrected chi connectivity index (χ4v) is 4.39. The Morgan fingerprint density at radius 3 is 2.78 bits per heavy atom. The Morgan fingerprint density at radius 1 is 1.26 bits per heavy atom. The molecule has 1 saturated carbocycles. The molecule has 0 spiro atoms. The van der Waals surface area contributed by atoms with Crippen molar-refractivity contribution in [2.45, 2.75) is 44.6 Å². The number of carbonyl (C=O) groups excluding carboxylic acids is 1. The predicted octanol–water partition coefficient (Wildman–Crippen LogP) is 4.32. The van der Waals surface area contributed by atoms with Crippen molar-refractivity contribution in [3.05, 3.63) is 35.7 Å². The van der Waals surface area contributed by atoms with Crippen molar-refractivity contribution in [3.8, 4) is 11.3 Å². The SMILES string of the molecule is COCCNC(=O)[C@H](CC1CCCCC1)Nc1nc(-c2ccccc2)cs1. The second kappa shape index (κ2) is 10.4. The average molecular weight is 388 g/mol. The fraction of sp³-hybridized carbons (Fsp3) is 0.524. The van der Waals surface area contributed by atoms with E-state index < -0.39 is 0 Å². The molecule has 1 heterocycles. The molecule has 0 unspecified atom stereocenters. The quantitative estimate of drug-likeness (QED) is 0.629. The normalized spacial score (nSPS) is 16.0. The summed E-state index contributed by atoms with van der Waals surface area (Å²) in [6.45, 7) is 1.06. The Kier molecular flexibility index (Phi) is 7.66. The van der Waals surface area contributed by atoms with Gasteiger partial charge in [0.1, 0.15) is 6.04 Å². The third-order valence-corrected chi connectivity index (χ3v) is 5.86. The van der Waals surface area contributed by atoms with Crippen molar-refractivity contribution < 1.29 is 9.53 Å². The second-order valence-corrected chi connectivity index (χ2v) is 7.98. The molecule has 1 aliphatic carbocycles. The van der Waals surface area contributed by atoms with E-state index in [1.54, 1.807) is 18.4 Å². The molecule has 0 radical (unpaired) electrons. The molecule has 1 aromatic heterocycles. The van der Waals surface area contributed by atoms with Gasteiger partial charge in [-0.2, -0.15) is 0 Å². The molecule has 3 rings (SSSR count). The van der Waals surface area contributed by atoms with Crippen LogP contribution < -0.4 is 10.6 Å². The van der Waals surface area contributed by atoms with Gasteiger partial charge < -0.3 is 15.4 Å². The lowest BCUT2D eigenvalue weighted by Gasteiger charge is -2.26. The Labute approximate surface area is 165 Å². The molecule has 1 aromatic carbocycles. The first-order chi connectivity index (χ1) is 13.3. The number of methoxy groups -OCH3 is 1. The molecule has 1 amide bonds. The summed E-state index contributed by atoms with van der Waals surface area (Å²) in [5, 5.41) is 9.22. The highest BCUT2D eigenvalue weighted by atomic mass is 32.1. The van der Waals surface area contributed by atoms with E-state index in [4.69, 9.17) is 9.72 Å². The van der Waals surface area contributed by atoms with Crippen LogP contribution in [-0.2, 0) is 9.53 Å². The second-order valence-electron chi connectivity index (χ2n) is 7.12. The monoisotopic (exact) mass is 387 g/mol. The Morgan fingerprint density at radius 2 is 2.04 bits per heavy atom. The maximum Gasteiger partial charge on any atom is 0.242 e. The minimum Gasteiger partial charge on any atom is -0.383 e. The van der Waals surface area contributed by atoms with Crippen LogP contribution in [0.25, 0.3) is 11.3 Å². The minimum atomic E-state index is -0.250. The molecule has 0 saturated heterocycles. The summed E-state index contributed by atoms with van der Waals surface area (Å²) in [5.41, 5.74) is 2.04. The maximum absolute atomic E-state index is 12.7. The number of rotatable bonds is 9. The minimum absolute atomic E-state index is 0.0362. The van der Waals surface area contributed by atoms with Gasteiger partial charge in [-0.1, -0.05) is 62.4 Å². The average Bonchev–Trinajstić information content (AvgIpc) is 3.18. The summed E-state index contributed by atoms with van der Waals surface area (Å²) in [6, 6.07) is 9.87. The van der Waals surface area contributed by atoms with E-state index in [0.29, 0.717) is 19.1 Å². The number of nitrogens with zero attached hydrogens (tertiary/aromatic N) is 1. The zero-order valence-corrected chi connectivity index (χ0v) is 16.8. The number of aromatic nitrogens is 1. The van der Waals surface area contributed by atoms with Crippen LogP contribution in [0.3, 0.4) is 0 Å². The first-order valence-corrected chi connectivity index (χ1v) is 10.7. The number of thiazole rings is 1. The molecule has 1 fully saturated rings. The molecular weight excluding hydrogens is 358 g/mol. The standard InChI is InChI=1S/C21H29N3O2S/c1-26-13-12-22-20(25)18(14-16-8-4-2-5-9-16)23-21-24-19(15-27-21)17-10-6-3-7-11-17/h3,6-7,10-11,15-16,18H,2,4-5,8-9,12-14H2,1H3,(H,22,25)(H,23,24)/t18-/m0/s1. The van der Waals surface area contributed by atoms with Gasteiger partial charge >= 0.3 is 0 Å². The van der Waals surface area contributed by atoms with Gasteiger partial charge in [0.05, 0.1) is 12.3 Å². The van der Waals surface area contributed by atoms with E-state index in [1.165, 1.54) is 32.1 Å². The molecule has 5 nitrogen and oxygen atoms in total. The molecule has 1 aliphatic rings. The van der Waals surface area contributed by atoms with Gasteiger partial charge in [0.25, 0.3) is 0 Å². The van der Waals surface area contributed by atoms with Crippen LogP contribution in [0.15, 0.2) is 35.7 Å². The van der Waals surface area contributed by atoms with E-state index in [2.05, 4.69) is 22.8 Å². The largest absolute Gasteiger partial charge is 0.383 e. The lowest BCUT2D eigenvalue weighted by atomic mass is 9.84. The summed E-state index contributed by atoms with van der Waals surface area (Å²) in [5.74, 6) is 0.645. The molecule has 27 heavy (non-hydrogen) atoms. The number of carbonyl (C=O) groups is 1. The molecule has 0 bridgehead atoms. The van der Waals surface area contributed by atoms with Crippen LogP contribution in [0.4, 0.5) is 5.13 Å². The summed E-state index contributed by atoms with van der Waals surface area (Å²) >= 11 is 1.55. The summed E-state index contributed by atoms with van der Waals surface area (Å²) < 4.78 is 5.05. The molecule has 0 aliphatic heterocycles. The van der Waals surface area contributed by atoms with Crippen molar-refractivity contribution in [1.82, 2.24) is 10.3 Å². The van der Waals surface area contributed by atoms with E-state index >= 15 is 0 Å². The molecule has 146 valence electrons. The van der Waals surface area contributed by atoms with Gasteiger partial charge in [-0.3, -0.25) is 4.79 Å². The molecule has 6 heteroatoms. The first kappa shape index (κ1) is 19.8. The smallest absolute Gasteiger partial charge is 0.242 e. The highest BCUT2D eigenvalue weighted by Gasteiger charge is 2.25. The van der Waals surface area contributed by atoms with Crippen LogP contribution in [-0.4, -0.2) is 37.2 Å². The Bertz CT molecular complexity index is 698. The molecule has 1 atom stereocenters. The number of hydrogen-bond acceptors (Lipinski definition) is 5. The number of benzene rings is 1. The van der Waals surface area contributed by atoms with E-state index in [1.807, 2.05) is 23.6 Å². The van der Waals surface area contributed by atoms with Crippen LogP contribution >= 0.6 is 11.3 Å². The Hall–Kier alpha value is -1.92. The number of ether oxygens (including phenoxy) is 1. The fourth-order valence-electron chi connectivity index (χ4n) is 3.62. The first-order valence-electron chi connectivity index (χ1n) is 9.80.